The minimum Gasteiger partial charge on any atom is -0.232 e. The fourth-order valence-electron chi connectivity index (χ4n) is 5.38. The van der Waals surface area contributed by atoms with Gasteiger partial charge in [-0.1, -0.05) is 91.0 Å². The minimum atomic E-state index is 0.969. The Morgan fingerprint density at radius 1 is 0.368 bits per heavy atom. The van der Waals surface area contributed by atoms with Crippen molar-refractivity contribution < 1.29 is 0 Å². The van der Waals surface area contributed by atoms with Crippen LogP contribution in [0, 0.1) is 0 Å². The molecule has 0 aliphatic heterocycles. The lowest BCUT2D eigenvalue weighted by Crippen LogP contribution is -1.90. The molecule has 4 aromatic heterocycles. The van der Waals surface area contributed by atoms with E-state index in [9.17, 15) is 0 Å². The van der Waals surface area contributed by atoms with Crippen molar-refractivity contribution in [1.82, 2.24) is 19.2 Å². The van der Waals surface area contributed by atoms with E-state index < -0.39 is 0 Å². The van der Waals surface area contributed by atoms with Gasteiger partial charge >= 0.3 is 0 Å². The molecule has 0 radical (unpaired) electrons. The maximum Gasteiger partial charge on any atom is 0.0934 e. The van der Waals surface area contributed by atoms with Gasteiger partial charge in [-0.25, -0.2) is 9.03 Å². The highest BCUT2D eigenvalue weighted by Gasteiger charge is 2.10. The standard InChI is InChI=1S/C34H22N4/c1-3-10-33-25(6-1)16-18-29-21-31(35-37(29)33)24-14-12-23(13-15-24)27-8-5-9-28(20-27)32-22-30-19-17-26-7-2-4-11-34(26)38(30)36-32/h1-22H. The van der Waals surface area contributed by atoms with E-state index >= 15 is 0 Å². The molecule has 0 aliphatic carbocycles. The van der Waals surface area contributed by atoms with Crippen LogP contribution in [0.25, 0.3) is 66.5 Å². The fourth-order valence-corrected chi connectivity index (χ4v) is 5.38. The van der Waals surface area contributed by atoms with E-state index in [1.54, 1.807) is 0 Å². The van der Waals surface area contributed by atoms with Gasteiger partial charge in [-0.05, 0) is 53.6 Å². The molecule has 4 heterocycles. The average Bonchev–Trinajstić information content (AvgIpc) is 3.63. The van der Waals surface area contributed by atoms with Gasteiger partial charge in [0.2, 0.25) is 0 Å². The summed E-state index contributed by atoms with van der Waals surface area (Å²) in [7, 11) is 0. The first-order chi connectivity index (χ1) is 18.8. The van der Waals surface area contributed by atoms with E-state index in [4.69, 9.17) is 10.2 Å². The highest BCUT2D eigenvalue weighted by atomic mass is 15.2. The molecule has 0 unspecified atom stereocenters. The Hall–Kier alpha value is -5.22. The van der Waals surface area contributed by atoms with Gasteiger partial charge < -0.3 is 0 Å². The zero-order chi connectivity index (χ0) is 25.1. The summed E-state index contributed by atoms with van der Waals surface area (Å²) in [6.45, 7) is 0. The highest BCUT2D eigenvalue weighted by Crippen LogP contribution is 2.30. The monoisotopic (exact) mass is 486 g/mol. The van der Waals surface area contributed by atoms with Crippen LogP contribution in [0.4, 0.5) is 0 Å². The summed E-state index contributed by atoms with van der Waals surface area (Å²) >= 11 is 0. The smallest absolute Gasteiger partial charge is 0.0934 e. The maximum atomic E-state index is 4.95. The molecule has 0 spiro atoms. The Labute approximate surface area is 219 Å². The van der Waals surface area contributed by atoms with Gasteiger partial charge in [0.1, 0.15) is 0 Å². The quantitative estimate of drug-likeness (QED) is 0.252. The lowest BCUT2D eigenvalue weighted by Gasteiger charge is -2.05. The minimum absolute atomic E-state index is 0.969. The van der Waals surface area contributed by atoms with Crippen molar-refractivity contribution in [3.63, 3.8) is 0 Å². The first kappa shape index (κ1) is 20.9. The summed E-state index contributed by atoms with van der Waals surface area (Å²) in [4.78, 5) is 0. The molecular weight excluding hydrogens is 464 g/mol. The van der Waals surface area contributed by atoms with Gasteiger partial charge in [0.05, 0.1) is 33.5 Å². The van der Waals surface area contributed by atoms with Crippen LogP contribution in [0.5, 0.6) is 0 Å². The second-order valence-corrected chi connectivity index (χ2v) is 9.67. The van der Waals surface area contributed by atoms with Crippen molar-refractivity contribution in [2.24, 2.45) is 0 Å². The molecule has 8 rings (SSSR count). The van der Waals surface area contributed by atoms with Gasteiger partial charge in [-0.2, -0.15) is 10.2 Å². The van der Waals surface area contributed by atoms with Crippen LogP contribution >= 0.6 is 0 Å². The molecule has 0 saturated carbocycles. The van der Waals surface area contributed by atoms with Crippen molar-refractivity contribution >= 4 is 32.8 Å². The maximum absolute atomic E-state index is 4.95. The van der Waals surface area contributed by atoms with Gasteiger partial charge in [-0.15, -0.1) is 0 Å². The van der Waals surface area contributed by atoms with Gasteiger partial charge in [-0.3, -0.25) is 0 Å². The number of hydrogen-bond acceptors (Lipinski definition) is 2. The van der Waals surface area contributed by atoms with Gasteiger partial charge in [0, 0.05) is 21.9 Å². The topological polar surface area (TPSA) is 34.6 Å². The number of nitrogens with zero attached hydrogens (tertiary/aromatic N) is 4. The van der Waals surface area contributed by atoms with Crippen LogP contribution in [-0.2, 0) is 0 Å². The summed E-state index contributed by atoms with van der Waals surface area (Å²) in [5, 5.41) is 12.2. The zero-order valence-corrected chi connectivity index (χ0v) is 20.5. The molecule has 0 amide bonds. The molecule has 178 valence electrons. The third-order valence-electron chi connectivity index (χ3n) is 7.34. The van der Waals surface area contributed by atoms with Crippen molar-refractivity contribution in [3.05, 3.63) is 133 Å². The van der Waals surface area contributed by atoms with Crippen LogP contribution in [0.1, 0.15) is 0 Å². The molecule has 8 aromatic rings. The van der Waals surface area contributed by atoms with Crippen LogP contribution < -0.4 is 0 Å². The Balaban J connectivity index is 1.15. The third-order valence-corrected chi connectivity index (χ3v) is 7.34. The van der Waals surface area contributed by atoms with Crippen LogP contribution in [0.2, 0.25) is 0 Å². The van der Waals surface area contributed by atoms with Crippen molar-refractivity contribution in [2.45, 2.75) is 0 Å². The largest absolute Gasteiger partial charge is 0.232 e. The van der Waals surface area contributed by atoms with Crippen molar-refractivity contribution in [3.8, 4) is 33.6 Å². The molecule has 4 aromatic carbocycles. The summed E-state index contributed by atoms with van der Waals surface area (Å²) in [6, 6.07) is 46.8. The molecule has 0 saturated heterocycles. The van der Waals surface area contributed by atoms with E-state index in [1.807, 2.05) is 9.03 Å². The normalized spacial score (nSPS) is 11.7. The molecule has 4 nitrogen and oxygen atoms in total. The lowest BCUT2D eigenvalue weighted by atomic mass is 10.00. The van der Waals surface area contributed by atoms with E-state index in [2.05, 4.69) is 133 Å². The van der Waals surface area contributed by atoms with Crippen molar-refractivity contribution in [2.75, 3.05) is 0 Å². The molecule has 4 heteroatoms. The van der Waals surface area contributed by atoms with E-state index in [1.165, 1.54) is 16.3 Å². The van der Waals surface area contributed by atoms with E-state index in [0.29, 0.717) is 0 Å². The number of para-hydroxylation sites is 2. The van der Waals surface area contributed by atoms with E-state index in [0.717, 1.165) is 50.1 Å². The van der Waals surface area contributed by atoms with Crippen molar-refractivity contribution in [1.29, 1.82) is 0 Å². The number of rotatable bonds is 3. The van der Waals surface area contributed by atoms with Crippen LogP contribution in [0.3, 0.4) is 0 Å². The average molecular weight is 487 g/mol. The Morgan fingerprint density at radius 3 is 1.53 bits per heavy atom. The number of hydrogen-bond donors (Lipinski definition) is 0. The van der Waals surface area contributed by atoms with Gasteiger partial charge in [0.15, 0.2) is 0 Å². The molecule has 0 atom stereocenters. The first-order valence-corrected chi connectivity index (χ1v) is 12.8. The SMILES string of the molecule is c1cc(-c2ccc(-c3cc4ccc5ccccc5n4n3)cc2)cc(-c2cc3ccc4ccccc4n3n2)c1. The van der Waals surface area contributed by atoms with Crippen LogP contribution in [0.15, 0.2) is 133 Å². The number of benzene rings is 4. The number of aromatic nitrogens is 4. The van der Waals surface area contributed by atoms with Gasteiger partial charge in [0.25, 0.3) is 0 Å². The molecule has 0 N–H and O–H groups in total. The number of fused-ring (bicyclic) bond motifs is 6. The summed E-state index contributed by atoms with van der Waals surface area (Å²) in [5.41, 5.74) is 10.9. The predicted molar refractivity (Wildman–Crippen MR) is 155 cm³/mol. The molecular formula is C34H22N4. The fraction of sp³-hybridized carbons (Fsp3) is 0. The summed E-state index contributed by atoms with van der Waals surface area (Å²) in [5.74, 6) is 0. The Morgan fingerprint density at radius 2 is 0.895 bits per heavy atom. The highest BCUT2D eigenvalue weighted by molar-refractivity contribution is 5.85. The lowest BCUT2D eigenvalue weighted by molar-refractivity contribution is 1.01. The van der Waals surface area contributed by atoms with E-state index in [-0.39, 0.29) is 0 Å². The first-order valence-electron chi connectivity index (χ1n) is 12.8. The summed E-state index contributed by atoms with van der Waals surface area (Å²) < 4.78 is 4.06. The Kier molecular flexibility index (Phi) is 4.49. The number of pyridine rings is 2. The molecule has 0 bridgehead atoms. The third kappa shape index (κ3) is 3.31. The summed E-state index contributed by atoms with van der Waals surface area (Å²) in [6.07, 6.45) is 0. The Bertz CT molecular complexity index is 2130. The second-order valence-electron chi connectivity index (χ2n) is 9.67. The second kappa shape index (κ2) is 8.15. The molecule has 0 aliphatic rings. The molecule has 38 heavy (non-hydrogen) atoms. The van der Waals surface area contributed by atoms with Crippen LogP contribution in [-0.4, -0.2) is 19.2 Å². The predicted octanol–water partition coefficient (Wildman–Crippen LogP) is 8.29. The zero-order valence-electron chi connectivity index (χ0n) is 20.5. The molecule has 0 fully saturated rings.